The lowest BCUT2D eigenvalue weighted by Gasteiger charge is -2.22. The fourth-order valence-corrected chi connectivity index (χ4v) is 2.87. The number of imide groups is 1. The maximum absolute atomic E-state index is 12.8. The molecule has 0 unspecified atom stereocenters. The largest absolute Gasteiger partial charge is 0.461 e. The summed E-state index contributed by atoms with van der Waals surface area (Å²) in [6, 6.07) is 18.3. The first kappa shape index (κ1) is 18.4. The number of nitrogens with one attached hydrogen (secondary N) is 1. The van der Waals surface area contributed by atoms with Gasteiger partial charge in [-0.05, 0) is 19.1 Å². The highest BCUT2D eigenvalue weighted by atomic mass is 16.5. The smallest absolute Gasteiger partial charge is 0.357 e. The van der Waals surface area contributed by atoms with Crippen molar-refractivity contribution in [3.8, 4) is 0 Å². The van der Waals surface area contributed by atoms with Gasteiger partial charge in [-0.25, -0.2) is 9.69 Å². The molecule has 27 heavy (non-hydrogen) atoms. The first-order valence-corrected chi connectivity index (χ1v) is 8.76. The average molecular weight is 364 g/mol. The minimum atomic E-state index is -0.719. The van der Waals surface area contributed by atoms with Crippen LogP contribution in [0.1, 0.15) is 25.3 Å². The number of anilines is 1. The number of hydrogen-bond donors (Lipinski definition) is 1. The molecule has 1 N–H and O–H groups in total. The molecule has 0 saturated carbocycles. The third-order valence-corrected chi connectivity index (χ3v) is 4.09. The summed E-state index contributed by atoms with van der Waals surface area (Å²) in [5, 5.41) is 3.19. The van der Waals surface area contributed by atoms with Crippen LogP contribution >= 0.6 is 0 Å². The number of nitrogens with zero attached hydrogens (tertiary/aromatic N) is 1. The number of para-hydroxylation sites is 1. The van der Waals surface area contributed by atoms with Crippen molar-refractivity contribution in [1.82, 2.24) is 4.90 Å². The summed E-state index contributed by atoms with van der Waals surface area (Å²) in [5.41, 5.74) is 1.65. The molecule has 2 aromatic rings. The van der Waals surface area contributed by atoms with Crippen molar-refractivity contribution < 1.29 is 19.1 Å². The molecule has 1 aliphatic heterocycles. The van der Waals surface area contributed by atoms with E-state index in [1.54, 1.807) is 19.1 Å². The third kappa shape index (κ3) is 4.06. The second kappa shape index (κ2) is 8.31. The van der Waals surface area contributed by atoms with Crippen LogP contribution in [0.4, 0.5) is 5.69 Å². The van der Waals surface area contributed by atoms with Crippen LogP contribution in [0.3, 0.4) is 0 Å². The molecule has 0 aliphatic carbocycles. The van der Waals surface area contributed by atoms with E-state index >= 15 is 0 Å². The van der Waals surface area contributed by atoms with Gasteiger partial charge in [0.1, 0.15) is 0 Å². The molecule has 6 heteroatoms. The first-order valence-electron chi connectivity index (χ1n) is 8.76. The number of ether oxygens (including phenoxy) is 1. The Balaban J connectivity index is 2.20. The minimum absolute atomic E-state index is 0.0785. The highest BCUT2D eigenvalue weighted by Gasteiger charge is 2.38. The second-order valence-corrected chi connectivity index (χ2v) is 5.92. The Hall–Kier alpha value is -3.41. The molecular formula is C21H20N2O4. The van der Waals surface area contributed by atoms with Crippen molar-refractivity contribution in [1.29, 1.82) is 0 Å². The normalized spacial score (nSPS) is 14.8. The van der Waals surface area contributed by atoms with E-state index in [9.17, 15) is 14.4 Å². The van der Waals surface area contributed by atoms with Gasteiger partial charge in [0, 0.05) is 24.1 Å². The van der Waals surface area contributed by atoms with E-state index in [0.29, 0.717) is 11.3 Å². The van der Waals surface area contributed by atoms with Gasteiger partial charge in [-0.2, -0.15) is 0 Å². The predicted molar refractivity (Wildman–Crippen MR) is 101 cm³/mol. The summed E-state index contributed by atoms with van der Waals surface area (Å²) in [6.07, 6.45) is 0.157. The quantitative estimate of drug-likeness (QED) is 0.484. The molecule has 2 amide bonds. The van der Waals surface area contributed by atoms with Crippen LogP contribution in [0.15, 0.2) is 66.4 Å². The van der Waals surface area contributed by atoms with Crippen molar-refractivity contribution in [2.45, 2.75) is 19.8 Å². The molecule has 6 nitrogen and oxygen atoms in total. The molecule has 1 fully saturated rings. The number of benzene rings is 2. The lowest BCUT2D eigenvalue weighted by molar-refractivity contribution is -0.146. The molecule has 0 atom stereocenters. The van der Waals surface area contributed by atoms with Crippen molar-refractivity contribution >= 4 is 29.2 Å². The van der Waals surface area contributed by atoms with Gasteiger partial charge in [0.2, 0.25) is 11.8 Å². The average Bonchev–Trinajstić information content (AvgIpc) is 3.02. The summed E-state index contributed by atoms with van der Waals surface area (Å²) in [6.45, 7) is 1.81. The molecule has 0 spiro atoms. The van der Waals surface area contributed by atoms with Gasteiger partial charge < -0.3 is 10.1 Å². The summed E-state index contributed by atoms with van der Waals surface area (Å²) in [7, 11) is 0. The Labute approximate surface area is 157 Å². The Kier molecular flexibility index (Phi) is 5.66. The zero-order valence-corrected chi connectivity index (χ0v) is 15.0. The SMILES string of the molecule is CCOC(=O)/C(=C(\Nc1ccccc1)c1ccccc1)N1C(=O)CCC1=O. The standard InChI is InChI=1S/C21H20N2O4/c1-2-27-21(26)20(23-17(24)13-14-18(23)25)19(15-9-5-3-6-10-15)22-16-11-7-4-8-12-16/h3-12,22H,2,13-14H2,1H3/b20-19+. The number of amides is 2. The number of rotatable bonds is 6. The van der Waals surface area contributed by atoms with Crippen LogP contribution in [-0.4, -0.2) is 29.3 Å². The van der Waals surface area contributed by atoms with Crippen LogP contribution in [0.25, 0.3) is 5.70 Å². The maximum atomic E-state index is 12.8. The fraction of sp³-hybridized carbons (Fsp3) is 0.190. The van der Waals surface area contributed by atoms with Gasteiger partial charge in [0.05, 0.1) is 12.3 Å². The second-order valence-electron chi connectivity index (χ2n) is 5.92. The van der Waals surface area contributed by atoms with Crippen LogP contribution in [0, 0.1) is 0 Å². The molecule has 138 valence electrons. The highest BCUT2D eigenvalue weighted by Crippen LogP contribution is 2.28. The molecule has 1 aliphatic rings. The van der Waals surface area contributed by atoms with E-state index < -0.39 is 17.8 Å². The summed E-state index contributed by atoms with van der Waals surface area (Å²) in [5.74, 6) is -1.54. The molecule has 0 aromatic heterocycles. The van der Waals surface area contributed by atoms with Crippen LogP contribution < -0.4 is 5.32 Å². The van der Waals surface area contributed by atoms with E-state index in [1.165, 1.54) is 0 Å². The zero-order valence-electron chi connectivity index (χ0n) is 15.0. The van der Waals surface area contributed by atoms with E-state index in [2.05, 4.69) is 5.32 Å². The van der Waals surface area contributed by atoms with E-state index in [1.807, 2.05) is 48.5 Å². The Morgan fingerprint density at radius 3 is 2.07 bits per heavy atom. The van der Waals surface area contributed by atoms with Crippen molar-refractivity contribution in [3.63, 3.8) is 0 Å². The Morgan fingerprint density at radius 1 is 0.963 bits per heavy atom. The number of esters is 1. The lowest BCUT2D eigenvalue weighted by atomic mass is 10.1. The van der Waals surface area contributed by atoms with E-state index in [0.717, 1.165) is 10.6 Å². The predicted octanol–water partition coefficient (Wildman–Crippen LogP) is 3.18. The minimum Gasteiger partial charge on any atom is -0.461 e. The van der Waals surface area contributed by atoms with Gasteiger partial charge in [-0.15, -0.1) is 0 Å². The fourth-order valence-electron chi connectivity index (χ4n) is 2.87. The zero-order chi connectivity index (χ0) is 19.2. The lowest BCUT2D eigenvalue weighted by Crippen LogP contribution is -2.35. The van der Waals surface area contributed by atoms with Gasteiger partial charge in [-0.3, -0.25) is 9.59 Å². The first-order chi connectivity index (χ1) is 13.1. The monoisotopic (exact) mass is 364 g/mol. The molecular weight excluding hydrogens is 344 g/mol. The molecule has 1 saturated heterocycles. The molecule has 2 aromatic carbocycles. The summed E-state index contributed by atoms with van der Waals surface area (Å²) in [4.78, 5) is 38.4. The Bertz CT molecular complexity index is 860. The number of carbonyl (C=O) groups excluding carboxylic acids is 3. The number of carbonyl (C=O) groups is 3. The topological polar surface area (TPSA) is 75.7 Å². The highest BCUT2D eigenvalue weighted by molar-refractivity contribution is 6.13. The molecule has 3 rings (SSSR count). The Morgan fingerprint density at radius 2 is 1.52 bits per heavy atom. The van der Waals surface area contributed by atoms with Crippen LogP contribution in [0.2, 0.25) is 0 Å². The van der Waals surface area contributed by atoms with Crippen LogP contribution in [0.5, 0.6) is 0 Å². The van der Waals surface area contributed by atoms with Crippen molar-refractivity contribution in [2.75, 3.05) is 11.9 Å². The summed E-state index contributed by atoms with van der Waals surface area (Å²) >= 11 is 0. The van der Waals surface area contributed by atoms with Gasteiger partial charge in [-0.1, -0.05) is 48.5 Å². The summed E-state index contributed by atoms with van der Waals surface area (Å²) < 4.78 is 5.17. The third-order valence-electron chi connectivity index (χ3n) is 4.09. The number of hydrogen-bond acceptors (Lipinski definition) is 5. The van der Waals surface area contributed by atoms with Gasteiger partial charge in [0.15, 0.2) is 5.70 Å². The van der Waals surface area contributed by atoms with Crippen molar-refractivity contribution in [2.24, 2.45) is 0 Å². The molecule has 1 heterocycles. The number of likely N-dealkylation sites (tertiary alicyclic amines) is 1. The van der Waals surface area contributed by atoms with Crippen molar-refractivity contribution in [3.05, 3.63) is 71.9 Å². The molecule has 0 radical (unpaired) electrons. The van der Waals surface area contributed by atoms with Gasteiger partial charge in [0.25, 0.3) is 0 Å². The van der Waals surface area contributed by atoms with Crippen LogP contribution in [-0.2, 0) is 19.1 Å². The van der Waals surface area contributed by atoms with Gasteiger partial charge >= 0.3 is 5.97 Å². The molecule has 0 bridgehead atoms. The van der Waals surface area contributed by atoms with E-state index in [4.69, 9.17) is 4.74 Å². The van der Waals surface area contributed by atoms with E-state index in [-0.39, 0.29) is 25.1 Å². The maximum Gasteiger partial charge on any atom is 0.357 e.